The lowest BCUT2D eigenvalue weighted by Gasteiger charge is -2.36. The maximum Gasteiger partial charge on any atom is 0.335 e. The average Bonchev–Trinajstić information content (AvgIpc) is 1.39. The highest BCUT2D eigenvalue weighted by Gasteiger charge is 2.47. The van der Waals surface area contributed by atoms with E-state index in [1.54, 1.807) is 135 Å². The van der Waals surface area contributed by atoms with Gasteiger partial charge < -0.3 is 29.6 Å². The Morgan fingerprint density at radius 3 is 1.08 bits per heavy atom. The molecule has 8 rings (SSSR count). The van der Waals surface area contributed by atoms with E-state index < -0.39 is 92.1 Å². The quantitative estimate of drug-likeness (QED) is 0.0325. The molecule has 0 aromatic heterocycles. The molecule has 0 aliphatic heterocycles. The van der Waals surface area contributed by atoms with Crippen LogP contribution < -0.4 is 20.1 Å². The third-order valence-electron chi connectivity index (χ3n) is 16.2. The van der Waals surface area contributed by atoms with Gasteiger partial charge in [0.1, 0.15) is 25.3 Å². The molecule has 0 radical (unpaired) electrons. The molecule has 6 aromatic rings. The molecule has 4 atom stereocenters. The number of methoxy groups -OCH3 is 2. The van der Waals surface area contributed by atoms with Crippen molar-refractivity contribution in [2.45, 2.75) is 138 Å². The molecular formula is C68H80N4O14S2. The monoisotopic (exact) mass is 1240 g/mol. The first kappa shape index (κ1) is 67.5. The lowest BCUT2D eigenvalue weighted by atomic mass is 9.79. The fourth-order valence-corrected chi connectivity index (χ4v) is 13.6. The minimum Gasteiger partial charge on any atom is -0.467 e. The summed E-state index contributed by atoms with van der Waals surface area (Å²) in [5, 5.41) is 5.74. The Balaban J connectivity index is 0.000000251. The van der Waals surface area contributed by atoms with Gasteiger partial charge in [0.25, 0.3) is 11.8 Å². The van der Waals surface area contributed by atoms with Crippen LogP contribution in [-0.4, -0.2) is 91.0 Å². The largest absolute Gasteiger partial charge is 0.467 e. The van der Waals surface area contributed by atoms with Gasteiger partial charge in [0, 0.05) is 11.1 Å². The van der Waals surface area contributed by atoms with Gasteiger partial charge in [0.15, 0.2) is 11.1 Å². The number of benzene rings is 6. The number of aryl methyl sites for hydroxylation is 4. The third kappa shape index (κ3) is 18.0. The predicted octanol–water partition coefficient (Wildman–Crippen LogP) is 10.4. The van der Waals surface area contributed by atoms with Crippen LogP contribution in [0, 0.1) is 39.5 Å². The molecule has 2 aliphatic carbocycles. The fourth-order valence-electron chi connectivity index (χ4n) is 11.3. The number of hydrogen-bond donors (Lipinski definition) is 4. The lowest BCUT2D eigenvalue weighted by Crippen LogP contribution is -2.60. The third-order valence-corrected chi connectivity index (χ3v) is 19.1. The van der Waals surface area contributed by atoms with E-state index in [4.69, 9.17) is 18.9 Å². The molecule has 0 unspecified atom stereocenters. The molecule has 468 valence electrons. The van der Waals surface area contributed by atoms with E-state index in [1.165, 1.54) is 38.5 Å². The van der Waals surface area contributed by atoms with Gasteiger partial charge in [-0.05, 0) is 111 Å². The van der Waals surface area contributed by atoms with Crippen molar-refractivity contribution >= 4 is 55.7 Å². The number of nitrogens with one attached hydrogen (secondary N) is 4. The Morgan fingerprint density at radius 1 is 0.443 bits per heavy atom. The van der Waals surface area contributed by atoms with Gasteiger partial charge in [-0.2, -0.15) is 9.44 Å². The highest BCUT2D eigenvalue weighted by Crippen LogP contribution is 2.35. The van der Waals surface area contributed by atoms with Crippen molar-refractivity contribution in [2.75, 3.05) is 27.4 Å². The van der Waals surface area contributed by atoms with Crippen LogP contribution in [0.2, 0.25) is 0 Å². The SMILES string of the molecule is COC(=O)[C@](COC(=O)[C@@H](NS(=O)(=O)c1ccc(C)cc1)c1ccccc1)(CC1CCCCC1)NC(=O)c1ccccc1C.COC(=O)[C@](COC(=O)[C@@H](NS(=O)(=O)c1ccc(C)cc1)c1ccccc1)(CC1CCCCC1)NC(=O)c1ccccc1C. The van der Waals surface area contributed by atoms with Crippen molar-refractivity contribution < 1.29 is 64.6 Å². The van der Waals surface area contributed by atoms with Gasteiger partial charge in [-0.3, -0.25) is 9.59 Å². The second-order valence-electron chi connectivity index (χ2n) is 22.9. The summed E-state index contributed by atoms with van der Waals surface area (Å²) in [6, 6.07) is 40.3. The molecule has 88 heavy (non-hydrogen) atoms. The molecule has 0 heterocycles. The maximum absolute atomic E-state index is 13.8. The van der Waals surface area contributed by atoms with Gasteiger partial charge >= 0.3 is 23.9 Å². The van der Waals surface area contributed by atoms with Gasteiger partial charge in [0.05, 0.1) is 24.0 Å². The van der Waals surface area contributed by atoms with Crippen molar-refractivity contribution in [1.29, 1.82) is 0 Å². The van der Waals surface area contributed by atoms with Gasteiger partial charge in [0.2, 0.25) is 20.0 Å². The normalized spacial score (nSPS) is 15.9. The molecule has 0 saturated heterocycles. The van der Waals surface area contributed by atoms with Crippen LogP contribution in [-0.2, 0) is 58.2 Å². The van der Waals surface area contributed by atoms with Gasteiger partial charge in [-0.25, -0.2) is 36.0 Å². The molecular weight excluding hydrogens is 1160 g/mol. The van der Waals surface area contributed by atoms with Crippen LogP contribution in [0.5, 0.6) is 0 Å². The Morgan fingerprint density at radius 2 is 0.761 bits per heavy atom. The lowest BCUT2D eigenvalue weighted by molar-refractivity contribution is -0.160. The number of esters is 4. The van der Waals surface area contributed by atoms with Crippen LogP contribution in [0.15, 0.2) is 168 Å². The summed E-state index contributed by atoms with van der Waals surface area (Å²) in [4.78, 5) is 81.6. The van der Waals surface area contributed by atoms with Gasteiger partial charge in [-0.1, -0.05) is 197 Å². The van der Waals surface area contributed by atoms with E-state index in [9.17, 15) is 45.6 Å². The molecule has 0 spiro atoms. The van der Waals surface area contributed by atoms with Crippen molar-refractivity contribution in [2.24, 2.45) is 11.8 Å². The second-order valence-corrected chi connectivity index (χ2v) is 26.3. The number of ether oxygens (including phenoxy) is 4. The van der Waals surface area contributed by atoms with E-state index in [0.29, 0.717) is 33.4 Å². The number of hydrogen-bond acceptors (Lipinski definition) is 14. The minimum absolute atomic E-state index is 0.0106. The van der Waals surface area contributed by atoms with E-state index in [-0.39, 0.29) is 34.5 Å². The minimum atomic E-state index is -4.14. The van der Waals surface area contributed by atoms with Crippen molar-refractivity contribution in [1.82, 2.24) is 20.1 Å². The summed E-state index contributed by atoms with van der Waals surface area (Å²) in [7, 11) is -5.83. The van der Waals surface area contributed by atoms with Crippen LogP contribution in [0.25, 0.3) is 0 Å². The molecule has 4 N–H and O–H groups in total. The second kappa shape index (κ2) is 31.2. The Labute approximate surface area is 517 Å². The highest BCUT2D eigenvalue weighted by molar-refractivity contribution is 7.89. The summed E-state index contributed by atoms with van der Waals surface area (Å²) in [5.74, 6) is -4.15. The van der Waals surface area contributed by atoms with Crippen molar-refractivity contribution in [3.63, 3.8) is 0 Å². The van der Waals surface area contributed by atoms with Crippen LogP contribution in [0.1, 0.15) is 143 Å². The summed E-state index contributed by atoms with van der Waals surface area (Å²) >= 11 is 0. The van der Waals surface area contributed by atoms with Gasteiger partial charge in [-0.15, -0.1) is 0 Å². The average molecular weight is 1240 g/mol. The smallest absolute Gasteiger partial charge is 0.335 e. The Hall–Kier alpha value is -8.04. The standard InChI is InChI=1S/2C34H40N2O7S/c2*1-24-18-20-28(21-19-24)44(40,41)36-30(27-15-8-5-9-16-27)32(38)43-23-34(33(39)42-3,22-26-13-6-4-7-14-26)35-31(37)29-17-11-10-12-25(29)2/h2*5,8-12,15-21,26,30,36H,4,6-7,13-14,22-23H2,1-3H3,(H,35,37)/t2*30-,34+/m00/s1. The van der Waals surface area contributed by atoms with E-state index in [0.717, 1.165) is 75.3 Å². The first-order chi connectivity index (χ1) is 42.1. The van der Waals surface area contributed by atoms with E-state index in [1.807, 2.05) is 26.0 Å². The first-order valence-corrected chi connectivity index (χ1v) is 32.6. The molecule has 0 bridgehead atoms. The molecule has 2 saturated carbocycles. The first-order valence-electron chi connectivity index (χ1n) is 29.6. The molecule has 2 fully saturated rings. The van der Waals surface area contributed by atoms with Crippen LogP contribution in [0.4, 0.5) is 0 Å². The molecule has 18 nitrogen and oxygen atoms in total. The summed E-state index contributed by atoms with van der Waals surface area (Å²) in [5.41, 5.74) is 1.28. The summed E-state index contributed by atoms with van der Waals surface area (Å²) in [6.45, 7) is 6.19. The van der Waals surface area contributed by atoms with E-state index in [2.05, 4.69) is 20.1 Å². The number of carbonyl (C=O) groups is 6. The predicted molar refractivity (Wildman–Crippen MR) is 332 cm³/mol. The molecule has 20 heteroatoms. The zero-order chi connectivity index (χ0) is 63.5. The summed E-state index contributed by atoms with van der Waals surface area (Å²) < 4.78 is 80.2. The Kier molecular flexibility index (Phi) is 23.9. The molecule has 2 amide bonds. The zero-order valence-electron chi connectivity index (χ0n) is 50.8. The summed E-state index contributed by atoms with van der Waals surface area (Å²) in [6.07, 6.45) is 9.98. The number of sulfonamides is 2. The zero-order valence-corrected chi connectivity index (χ0v) is 52.4. The topological polar surface area (TPSA) is 256 Å². The van der Waals surface area contributed by atoms with E-state index >= 15 is 0 Å². The van der Waals surface area contributed by atoms with Crippen molar-refractivity contribution in [3.8, 4) is 0 Å². The Bertz CT molecular complexity index is 3340. The molecule has 2 aliphatic rings. The highest BCUT2D eigenvalue weighted by atomic mass is 32.2. The number of carbonyl (C=O) groups excluding carboxylic acids is 6. The fraction of sp³-hybridized carbons (Fsp3) is 0.382. The van der Waals surface area contributed by atoms with Crippen LogP contribution in [0.3, 0.4) is 0 Å². The number of rotatable bonds is 24. The number of amides is 2. The van der Waals surface area contributed by atoms with Crippen molar-refractivity contribution in [3.05, 3.63) is 202 Å². The van der Waals surface area contributed by atoms with Crippen LogP contribution >= 0.6 is 0 Å². The molecule has 6 aromatic carbocycles. The maximum atomic E-state index is 13.8.